The number of hydrogen-bond acceptors (Lipinski definition) is 4. The zero-order valence-electron chi connectivity index (χ0n) is 15.7. The van der Waals surface area contributed by atoms with Crippen LogP contribution in [0.1, 0.15) is 43.5 Å². The first-order valence-electron chi connectivity index (χ1n) is 9.17. The first kappa shape index (κ1) is 20.4. The number of ketones is 1. The fourth-order valence-electron chi connectivity index (χ4n) is 2.54. The van der Waals surface area contributed by atoms with E-state index in [0.29, 0.717) is 12.1 Å². The van der Waals surface area contributed by atoms with Gasteiger partial charge in [0.1, 0.15) is 0 Å². The van der Waals surface area contributed by atoms with E-state index in [9.17, 15) is 14.4 Å². The average molecular weight is 367 g/mol. The first-order valence-corrected chi connectivity index (χ1v) is 9.17. The standard InChI is InChI=1S/C22H25NO4/c1-3-15-23-22(26)16(2)27-21(25)14-13-20(24)19-11-9-18(10-12-19)17-7-5-4-6-8-17/h4-12,16H,3,13-15H2,1-2H3,(H,23,26). The summed E-state index contributed by atoms with van der Waals surface area (Å²) in [6, 6.07) is 17.2. The highest BCUT2D eigenvalue weighted by molar-refractivity contribution is 5.98. The Bertz CT molecular complexity index is 769. The van der Waals surface area contributed by atoms with Crippen molar-refractivity contribution in [2.45, 2.75) is 39.2 Å². The smallest absolute Gasteiger partial charge is 0.307 e. The van der Waals surface area contributed by atoms with Crippen molar-refractivity contribution in [1.29, 1.82) is 0 Å². The van der Waals surface area contributed by atoms with Crippen molar-refractivity contribution in [1.82, 2.24) is 5.32 Å². The summed E-state index contributed by atoms with van der Waals surface area (Å²) >= 11 is 0. The van der Waals surface area contributed by atoms with E-state index in [1.165, 1.54) is 6.92 Å². The quantitative estimate of drug-likeness (QED) is 0.541. The van der Waals surface area contributed by atoms with Crippen LogP contribution < -0.4 is 5.32 Å². The molecule has 0 saturated carbocycles. The van der Waals surface area contributed by atoms with Gasteiger partial charge in [-0.2, -0.15) is 0 Å². The van der Waals surface area contributed by atoms with Crippen LogP contribution in [0.5, 0.6) is 0 Å². The van der Waals surface area contributed by atoms with Crippen LogP contribution in [0.25, 0.3) is 11.1 Å². The lowest BCUT2D eigenvalue weighted by molar-refractivity contribution is -0.154. The third-order valence-electron chi connectivity index (χ3n) is 4.10. The van der Waals surface area contributed by atoms with Crippen molar-refractivity contribution in [3.05, 3.63) is 60.2 Å². The maximum Gasteiger partial charge on any atom is 0.307 e. The van der Waals surface area contributed by atoms with Gasteiger partial charge in [-0.15, -0.1) is 0 Å². The zero-order valence-corrected chi connectivity index (χ0v) is 15.7. The Hall–Kier alpha value is -2.95. The number of ether oxygens (including phenoxy) is 1. The summed E-state index contributed by atoms with van der Waals surface area (Å²) in [4.78, 5) is 35.8. The molecule has 142 valence electrons. The Morgan fingerprint density at radius 3 is 2.19 bits per heavy atom. The van der Waals surface area contributed by atoms with E-state index in [-0.39, 0.29) is 24.5 Å². The topological polar surface area (TPSA) is 72.5 Å². The molecule has 0 fully saturated rings. The number of carbonyl (C=O) groups is 3. The van der Waals surface area contributed by atoms with Gasteiger partial charge in [0.05, 0.1) is 6.42 Å². The second-order valence-corrected chi connectivity index (χ2v) is 6.29. The predicted molar refractivity (Wildman–Crippen MR) is 104 cm³/mol. The summed E-state index contributed by atoms with van der Waals surface area (Å²) in [5.41, 5.74) is 2.66. The summed E-state index contributed by atoms with van der Waals surface area (Å²) in [5.74, 6) is -1.01. The van der Waals surface area contributed by atoms with E-state index < -0.39 is 12.1 Å². The molecule has 0 aliphatic heterocycles. The van der Waals surface area contributed by atoms with E-state index in [4.69, 9.17) is 4.74 Å². The Kier molecular flexibility index (Phi) is 7.74. The summed E-state index contributed by atoms with van der Waals surface area (Å²) in [5, 5.41) is 2.66. The molecule has 27 heavy (non-hydrogen) atoms. The molecular formula is C22H25NO4. The molecular weight excluding hydrogens is 342 g/mol. The van der Waals surface area contributed by atoms with Crippen LogP contribution in [0, 0.1) is 0 Å². The highest BCUT2D eigenvalue weighted by Crippen LogP contribution is 2.20. The molecule has 2 aromatic rings. The van der Waals surface area contributed by atoms with Gasteiger partial charge < -0.3 is 10.1 Å². The molecule has 5 nitrogen and oxygen atoms in total. The molecule has 1 unspecified atom stereocenters. The van der Waals surface area contributed by atoms with Crippen molar-refractivity contribution >= 4 is 17.7 Å². The van der Waals surface area contributed by atoms with Crippen LogP contribution >= 0.6 is 0 Å². The molecule has 0 heterocycles. The third kappa shape index (κ3) is 6.37. The minimum Gasteiger partial charge on any atom is -0.453 e. The van der Waals surface area contributed by atoms with Crippen molar-refractivity contribution in [3.8, 4) is 11.1 Å². The number of rotatable bonds is 9. The van der Waals surface area contributed by atoms with Crippen molar-refractivity contribution in [2.75, 3.05) is 6.54 Å². The van der Waals surface area contributed by atoms with Crippen LogP contribution in [0.2, 0.25) is 0 Å². The average Bonchev–Trinajstić information content (AvgIpc) is 2.70. The molecule has 2 rings (SSSR count). The van der Waals surface area contributed by atoms with Crippen molar-refractivity contribution < 1.29 is 19.1 Å². The van der Waals surface area contributed by atoms with Crippen LogP contribution in [0.15, 0.2) is 54.6 Å². The maximum atomic E-state index is 12.3. The molecule has 0 spiro atoms. The number of nitrogens with one attached hydrogen (secondary N) is 1. The number of benzene rings is 2. The van der Waals surface area contributed by atoms with Gasteiger partial charge in [0.25, 0.3) is 5.91 Å². The van der Waals surface area contributed by atoms with Gasteiger partial charge >= 0.3 is 5.97 Å². The van der Waals surface area contributed by atoms with Crippen LogP contribution in [0.4, 0.5) is 0 Å². The lowest BCUT2D eigenvalue weighted by atomic mass is 10.0. The second kappa shape index (κ2) is 10.3. The maximum absolute atomic E-state index is 12.3. The SMILES string of the molecule is CCCNC(=O)C(C)OC(=O)CCC(=O)c1ccc(-c2ccccc2)cc1. The Balaban J connectivity index is 1.83. The molecule has 2 aromatic carbocycles. The summed E-state index contributed by atoms with van der Waals surface area (Å²) in [7, 11) is 0. The molecule has 5 heteroatoms. The second-order valence-electron chi connectivity index (χ2n) is 6.29. The fraction of sp³-hybridized carbons (Fsp3) is 0.318. The van der Waals surface area contributed by atoms with Crippen LogP contribution in [-0.2, 0) is 14.3 Å². The van der Waals surface area contributed by atoms with Gasteiger partial charge in [0.2, 0.25) is 0 Å². The Morgan fingerprint density at radius 2 is 1.56 bits per heavy atom. The molecule has 1 N–H and O–H groups in total. The van der Waals surface area contributed by atoms with Gasteiger partial charge in [-0.25, -0.2) is 0 Å². The molecule has 0 saturated heterocycles. The summed E-state index contributed by atoms with van der Waals surface area (Å²) in [6.07, 6.45) is -0.0501. The number of hydrogen-bond donors (Lipinski definition) is 1. The molecule has 1 amide bonds. The highest BCUT2D eigenvalue weighted by atomic mass is 16.5. The van der Waals surface area contributed by atoms with E-state index in [1.54, 1.807) is 12.1 Å². The number of amides is 1. The molecule has 0 radical (unpaired) electrons. The molecule has 0 aliphatic carbocycles. The molecule has 0 aromatic heterocycles. The largest absolute Gasteiger partial charge is 0.453 e. The van der Waals surface area contributed by atoms with E-state index in [0.717, 1.165) is 17.5 Å². The van der Waals surface area contributed by atoms with Crippen molar-refractivity contribution in [2.24, 2.45) is 0 Å². The zero-order chi connectivity index (χ0) is 19.6. The van der Waals surface area contributed by atoms with E-state index >= 15 is 0 Å². The molecule has 1 atom stereocenters. The Morgan fingerprint density at radius 1 is 0.926 bits per heavy atom. The van der Waals surface area contributed by atoms with Crippen molar-refractivity contribution in [3.63, 3.8) is 0 Å². The highest BCUT2D eigenvalue weighted by Gasteiger charge is 2.18. The third-order valence-corrected chi connectivity index (χ3v) is 4.10. The number of carbonyl (C=O) groups excluding carboxylic acids is 3. The minimum atomic E-state index is -0.857. The van der Waals surface area contributed by atoms with E-state index in [1.807, 2.05) is 49.4 Å². The predicted octanol–water partition coefficient (Wildman–Crippen LogP) is 3.77. The number of Topliss-reactive ketones (excluding diaryl/α,β-unsaturated/α-hetero) is 1. The van der Waals surface area contributed by atoms with Gasteiger partial charge in [-0.1, -0.05) is 61.5 Å². The lowest BCUT2D eigenvalue weighted by Crippen LogP contribution is -2.36. The van der Waals surface area contributed by atoms with Gasteiger partial charge in [0.15, 0.2) is 11.9 Å². The summed E-state index contributed by atoms with van der Waals surface area (Å²) in [6.45, 7) is 4.00. The summed E-state index contributed by atoms with van der Waals surface area (Å²) < 4.78 is 5.07. The first-order chi connectivity index (χ1) is 13.0. The Labute approximate surface area is 159 Å². The molecule has 0 bridgehead atoms. The molecule has 0 aliphatic rings. The lowest BCUT2D eigenvalue weighted by Gasteiger charge is -2.13. The monoisotopic (exact) mass is 367 g/mol. The normalized spacial score (nSPS) is 11.5. The van der Waals surface area contributed by atoms with Gasteiger partial charge in [0, 0.05) is 18.5 Å². The van der Waals surface area contributed by atoms with E-state index in [2.05, 4.69) is 5.32 Å². The van der Waals surface area contributed by atoms with Gasteiger partial charge in [-0.3, -0.25) is 14.4 Å². The fourth-order valence-corrected chi connectivity index (χ4v) is 2.54. The minimum absolute atomic E-state index is 0.0484. The van der Waals surface area contributed by atoms with Gasteiger partial charge in [-0.05, 0) is 24.5 Å². The van der Waals surface area contributed by atoms with Crippen LogP contribution in [0.3, 0.4) is 0 Å². The van der Waals surface area contributed by atoms with Crippen LogP contribution in [-0.4, -0.2) is 30.3 Å². The number of esters is 1.